The summed E-state index contributed by atoms with van der Waals surface area (Å²) in [5.74, 6) is 1.37. The van der Waals surface area contributed by atoms with Crippen molar-refractivity contribution in [2.24, 2.45) is 0 Å². The molecule has 0 atom stereocenters. The highest BCUT2D eigenvalue weighted by Crippen LogP contribution is 2.27. The van der Waals surface area contributed by atoms with E-state index in [0.29, 0.717) is 27.9 Å². The minimum absolute atomic E-state index is 0.0733. The fraction of sp³-hybridized carbons (Fsp3) is 0.130. The van der Waals surface area contributed by atoms with Gasteiger partial charge in [0.15, 0.2) is 0 Å². The first-order valence-corrected chi connectivity index (χ1v) is 10.4. The number of ether oxygens (including phenoxy) is 1. The minimum atomic E-state index is -0.342. The maximum Gasteiger partial charge on any atom is 0.277 e. The summed E-state index contributed by atoms with van der Waals surface area (Å²) < 4.78 is 13.4. The molecule has 10 heteroatoms. The third-order valence-corrected chi connectivity index (χ3v) is 5.51. The van der Waals surface area contributed by atoms with Crippen LogP contribution in [-0.2, 0) is 13.2 Å². The second-order valence-electron chi connectivity index (χ2n) is 7.26. The molecule has 0 fully saturated rings. The van der Waals surface area contributed by atoms with Crippen molar-refractivity contribution in [2.75, 3.05) is 7.11 Å². The van der Waals surface area contributed by atoms with Crippen molar-refractivity contribution in [2.45, 2.75) is 13.2 Å². The van der Waals surface area contributed by atoms with Gasteiger partial charge in [-0.15, -0.1) is 0 Å². The van der Waals surface area contributed by atoms with Gasteiger partial charge in [-0.25, -0.2) is 4.52 Å². The molecule has 3 aromatic heterocycles. The fourth-order valence-corrected chi connectivity index (χ4v) is 3.71. The van der Waals surface area contributed by atoms with Gasteiger partial charge < -0.3 is 18.9 Å². The van der Waals surface area contributed by atoms with Crippen LogP contribution in [0.4, 0.5) is 0 Å². The molecule has 0 aliphatic heterocycles. The molecule has 2 aromatic carbocycles. The Balaban J connectivity index is 1.50. The second-order valence-corrected chi connectivity index (χ2v) is 7.69. The number of aromatic nitrogens is 5. The van der Waals surface area contributed by atoms with Gasteiger partial charge in [0.25, 0.3) is 5.56 Å². The number of aliphatic hydroxyl groups excluding tert-OH is 1. The van der Waals surface area contributed by atoms with Gasteiger partial charge >= 0.3 is 0 Å². The summed E-state index contributed by atoms with van der Waals surface area (Å²) in [5, 5.41) is 19.1. The molecule has 5 rings (SSSR count). The summed E-state index contributed by atoms with van der Waals surface area (Å²) >= 11 is 5.92. The Morgan fingerprint density at radius 2 is 1.79 bits per heavy atom. The molecule has 0 unspecified atom stereocenters. The molecule has 0 bridgehead atoms. The van der Waals surface area contributed by atoms with Crippen molar-refractivity contribution in [1.29, 1.82) is 0 Å². The number of fused-ring (bicyclic) bond motifs is 1. The van der Waals surface area contributed by atoms with Gasteiger partial charge in [-0.1, -0.05) is 16.8 Å². The van der Waals surface area contributed by atoms with E-state index in [0.717, 1.165) is 11.1 Å². The molecule has 33 heavy (non-hydrogen) atoms. The normalized spacial score (nSPS) is 11.2. The number of methoxy groups -OCH3 is 1. The summed E-state index contributed by atoms with van der Waals surface area (Å²) in [5.41, 5.74) is 2.42. The van der Waals surface area contributed by atoms with Crippen LogP contribution in [0.2, 0.25) is 5.02 Å². The van der Waals surface area contributed by atoms with Gasteiger partial charge in [-0.2, -0.15) is 10.1 Å². The van der Waals surface area contributed by atoms with Crippen LogP contribution in [-0.4, -0.2) is 36.5 Å². The standard InChI is InChI=1S/C23H18ClN5O4/c1-32-17-8-4-14(5-9-17)20-18(13-30)21-23(31)28(10-11-29(21)26-20)12-19-25-22(27-33-19)15-2-6-16(24)7-3-15/h2-11,30H,12-13H2,1H3. The molecule has 166 valence electrons. The van der Waals surface area contributed by atoms with Crippen molar-refractivity contribution in [3.63, 3.8) is 0 Å². The highest BCUT2D eigenvalue weighted by Gasteiger charge is 2.19. The van der Waals surface area contributed by atoms with Crippen LogP contribution in [0.1, 0.15) is 11.5 Å². The molecule has 0 amide bonds. The average Bonchev–Trinajstić information content (AvgIpc) is 3.46. The van der Waals surface area contributed by atoms with Crippen LogP contribution < -0.4 is 10.3 Å². The Labute approximate surface area is 192 Å². The van der Waals surface area contributed by atoms with Gasteiger partial charge in [0, 0.05) is 34.1 Å². The van der Waals surface area contributed by atoms with Crippen LogP contribution in [0, 0.1) is 0 Å². The summed E-state index contributed by atoms with van der Waals surface area (Å²) in [6.45, 7) is -0.269. The zero-order chi connectivity index (χ0) is 22.9. The molecular formula is C23H18ClN5O4. The SMILES string of the molecule is COc1ccc(-c2nn3ccn(Cc4nc(-c5ccc(Cl)cc5)no4)c(=O)c3c2CO)cc1. The number of halogens is 1. The summed E-state index contributed by atoms with van der Waals surface area (Å²) in [6.07, 6.45) is 3.24. The van der Waals surface area contributed by atoms with E-state index in [1.807, 2.05) is 12.1 Å². The molecule has 3 heterocycles. The number of hydrogen-bond donors (Lipinski definition) is 1. The predicted octanol–water partition coefficient (Wildman–Crippen LogP) is 3.42. The Kier molecular flexibility index (Phi) is 5.41. The fourth-order valence-electron chi connectivity index (χ4n) is 3.59. The van der Waals surface area contributed by atoms with Crippen LogP contribution in [0.15, 0.2) is 70.2 Å². The lowest BCUT2D eigenvalue weighted by Crippen LogP contribution is -2.22. The first kappa shape index (κ1) is 20.9. The highest BCUT2D eigenvalue weighted by atomic mass is 35.5. The van der Waals surface area contributed by atoms with Crippen molar-refractivity contribution in [3.05, 3.63) is 87.8 Å². The second kappa shape index (κ2) is 8.53. The quantitative estimate of drug-likeness (QED) is 0.411. The lowest BCUT2D eigenvalue weighted by Gasteiger charge is -2.04. The van der Waals surface area contributed by atoms with E-state index in [2.05, 4.69) is 15.2 Å². The van der Waals surface area contributed by atoms with Gasteiger partial charge in [0.05, 0.1) is 19.4 Å². The highest BCUT2D eigenvalue weighted by molar-refractivity contribution is 6.30. The minimum Gasteiger partial charge on any atom is -0.497 e. The van der Waals surface area contributed by atoms with Crippen LogP contribution in [0.3, 0.4) is 0 Å². The van der Waals surface area contributed by atoms with Crippen LogP contribution in [0.25, 0.3) is 28.2 Å². The van der Waals surface area contributed by atoms with E-state index in [1.54, 1.807) is 55.9 Å². The maximum atomic E-state index is 13.2. The van der Waals surface area contributed by atoms with E-state index in [9.17, 15) is 9.90 Å². The topological polar surface area (TPSA) is 108 Å². The maximum absolute atomic E-state index is 13.2. The summed E-state index contributed by atoms with van der Waals surface area (Å²) in [4.78, 5) is 17.6. The lowest BCUT2D eigenvalue weighted by atomic mass is 10.1. The van der Waals surface area contributed by atoms with Crippen molar-refractivity contribution < 1.29 is 14.4 Å². The zero-order valence-corrected chi connectivity index (χ0v) is 18.2. The molecule has 0 aliphatic carbocycles. The molecule has 0 spiro atoms. The van der Waals surface area contributed by atoms with Gasteiger partial charge in [0.2, 0.25) is 11.7 Å². The number of hydrogen-bond acceptors (Lipinski definition) is 7. The number of rotatable bonds is 6. The summed E-state index contributed by atoms with van der Waals surface area (Å²) in [7, 11) is 1.59. The molecule has 1 N–H and O–H groups in total. The van der Waals surface area contributed by atoms with Crippen LogP contribution in [0.5, 0.6) is 5.75 Å². The molecule has 5 aromatic rings. The largest absolute Gasteiger partial charge is 0.497 e. The first-order valence-electron chi connectivity index (χ1n) is 10.0. The number of benzene rings is 2. The third-order valence-electron chi connectivity index (χ3n) is 5.26. The van der Waals surface area contributed by atoms with E-state index >= 15 is 0 Å². The van der Waals surface area contributed by atoms with E-state index in [-0.39, 0.29) is 30.1 Å². The lowest BCUT2D eigenvalue weighted by molar-refractivity contribution is 0.283. The van der Waals surface area contributed by atoms with Crippen molar-refractivity contribution >= 4 is 17.1 Å². The number of aliphatic hydroxyl groups is 1. The van der Waals surface area contributed by atoms with Crippen LogP contribution >= 0.6 is 11.6 Å². The third kappa shape index (κ3) is 3.88. The van der Waals surface area contributed by atoms with Gasteiger partial charge in [-0.05, 0) is 48.5 Å². The predicted molar refractivity (Wildman–Crippen MR) is 121 cm³/mol. The van der Waals surface area contributed by atoms with E-state index < -0.39 is 0 Å². The van der Waals surface area contributed by atoms with Gasteiger partial charge in [0.1, 0.15) is 17.8 Å². The molecule has 0 saturated carbocycles. The molecule has 0 aliphatic rings. The summed E-state index contributed by atoms with van der Waals surface area (Å²) in [6, 6.07) is 14.3. The van der Waals surface area contributed by atoms with E-state index in [4.69, 9.17) is 20.9 Å². The average molecular weight is 464 g/mol. The Morgan fingerprint density at radius 1 is 1.06 bits per heavy atom. The van der Waals surface area contributed by atoms with E-state index in [1.165, 1.54) is 9.08 Å². The van der Waals surface area contributed by atoms with Gasteiger partial charge in [-0.3, -0.25) is 4.79 Å². The number of nitrogens with zero attached hydrogens (tertiary/aromatic N) is 5. The monoisotopic (exact) mass is 463 g/mol. The molecule has 9 nitrogen and oxygen atoms in total. The Bertz CT molecular complexity index is 1490. The zero-order valence-electron chi connectivity index (χ0n) is 17.5. The smallest absolute Gasteiger partial charge is 0.277 e. The molecular weight excluding hydrogens is 446 g/mol. The molecule has 0 radical (unpaired) electrons. The first-order chi connectivity index (χ1) is 16.1. The van der Waals surface area contributed by atoms with Crippen molar-refractivity contribution in [1.82, 2.24) is 24.3 Å². The Morgan fingerprint density at radius 3 is 2.48 bits per heavy atom. The Hall–Kier alpha value is -3.95. The molecule has 0 saturated heterocycles. The van der Waals surface area contributed by atoms with Crippen molar-refractivity contribution in [3.8, 4) is 28.4 Å².